The zero-order valence-corrected chi connectivity index (χ0v) is 11.3. The fourth-order valence-electron chi connectivity index (χ4n) is 2.28. The third-order valence-corrected chi connectivity index (χ3v) is 3.04. The average Bonchev–Trinajstić information content (AvgIpc) is 2.37. The number of carbonyl (C=O) groups is 2. The maximum atomic E-state index is 11.9. The maximum absolute atomic E-state index is 11.9. The summed E-state index contributed by atoms with van der Waals surface area (Å²) in [7, 11) is 0. The zero-order chi connectivity index (χ0) is 14.0. The molecule has 0 fully saturated rings. The molecule has 0 aliphatic heterocycles. The van der Waals surface area contributed by atoms with Crippen molar-refractivity contribution in [2.45, 2.75) is 20.8 Å². The predicted molar refractivity (Wildman–Crippen MR) is 75.1 cm³/mol. The predicted octanol–water partition coefficient (Wildman–Crippen LogP) is 3.64. The molecule has 2 aromatic rings. The molecule has 0 spiro atoms. The quantitative estimate of drug-likeness (QED) is 0.784. The van der Waals surface area contributed by atoms with Gasteiger partial charge in [0.1, 0.15) is 5.75 Å². The molecule has 0 unspecified atom stereocenters. The molecule has 3 heteroatoms. The summed E-state index contributed by atoms with van der Waals surface area (Å²) in [5, 5.41) is 1.56. The molecular formula is C16H16O3. The molecule has 0 atom stereocenters. The van der Waals surface area contributed by atoms with E-state index >= 15 is 0 Å². The summed E-state index contributed by atoms with van der Waals surface area (Å²) < 4.78 is 5.51. The number of carbonyl (C=O) groups excluding carboxylic acids is 2. The minimum absolute atomic E-state index is 0.0539. The second kappa shape index (κ2) is 5.22. The molecule has 2 rings (SSSR count). The lowest BCUT2D eigenvalue weighted by Gasteiger charge is -2.13. The monoisotopic (exact) mass is 256 g/mol. The van der Waals surface area contributed by atoms with E-state index in [1.165, 1.54) is 13.8 Å². The van der Waals surface area contributed by atoms with Crippen LogP contribution in [0.15, 0.2) is 30.3 Å². The molecule has 0 heterocycles. The second-order valence-corrected chi connectivity index (χ2v) is 4.39. The third kappa shape index (κ3) is 2.36. The summed E-state index contributed by atoms with van der Waals surface area (Å²) in [5.41, 5.74) is 1.05. The maximum Gasteiger partial charge on any atom is 0.164 e. The Morgan fingerprint density at radius 3 is 2.37 bits per heavy atom. The molecule has 2 aromatic carbocycles. The number of hydrogen-bond donors (Lipinski definition) is 0. The van der Waals surface area contributed by atoms with Crippen LogP contribution in [0.25, 0.3) is 10.8 Å². The first-order valence-electron chi connectivity index (χ1n) is 6.26. The Bertz CT molecular complexity index is 656. The highest BCUT2D eigenvalue weighted by atomic mass is 16.5. The molecule has 0 aromatic heterocycles. The largest absolute Gasteiger partial charge is 0.493 e. The highest BCUT2D eigenvalue weighted by Gasteiger charge is 2.17. The van der Waals surface area contributed by atoms with Crippen LogP contribution in [-0.4, -0.2) is 18.2 Å². The molecule has 19 heavy (non-hydrogen) atoms. The van der Waals surface area contributed by atoms with Crippen molar-refractivity contribution in [1.29, 1.82) is 0 Å². The van der Waals surface area contributed by atoms with Gasteiger partial charge in [-0.05, 0) is 32.2 Å². The molecule has 0 aliphatic carbocycles. The first-order valence-corrected chi connectivity index (χ1v) is 6.26. The molecule has 0 saturated heterocycles. The summed E-state index contributed by atoms with van der Waals surface area (Å²) in [6.45, 7) is 5.35. The van der Waals surface area contributed by atoms with Gasteiger partial charge in [-0.15, -0.1) is 0 Å². The van der Waals surface area contributed by atoms with Gasteiger partial charge in [-0.1, -0.05) is 24.3 Å². The van der Waals surface area contributed by atoms with Crippen LogP contribution in [-0.2, 0) is 0 Å². The van der Waals surface area contributed by atoms with Gasteiger partial charge >= 0.3 is 0 Å². The number of benzene rings is 2. The molecule has 0 N–H and O–H groups in total. The Balaban J connectivity index is 2.89. The fourth-order valence-corrected chi connectivity index (χ4v) is 2.28. The van der Waals surface area contributed by atoms with Crippen LogP contribution in [0.1, 0.15) is 41.5 Å². The Kier molecular flexibility index (Phi) is 3.65. The fraction of sp³-hybridized carbons (Fsp3) is 0.250. The van der Waals surface area contributed by atoms with Crippen molar-refractivity contribution in [1.82, 2.24) is 0 Å². The van der Waals surface area contributed by atoms with Crippen LogP contribution < -0.4 is 4.74 Å². The lowest BCUT2D eigenvalue weighted by atomic mass is 9.94. The van der Waals surface area contributed by atoms with E-state index in [1.807, 2.05) is 25.1 Å². The van der Waals surface area contributed by atoms with Crippen LogP contribution in [0.5, 0.6) is 5.75 Å². The van der Waals surface area contributed by atoms with E-state index in [0.717, 1.165) is 5.39 Å². The van der Waals surface area contributed by atoms with Gasteiger partial charge in [0.15, 0.2) is 11.6 Å². The SMILES string of the molecule is CCOc1ccc2cccc(C(C)=O)c2c1C(C)=O. The van der Waals surface area contributed by atoms with Crippen LogP contribution in [0.3, 0.4) is 0 Å². The topological polar surface area (TPSA) is 43.4 Å². The Morgan fingerprint density at radius 2 is 1.79 bits per heavy atom. The smallest absolute Gasteiger partial charge is 0.164 e. The van der Waals surface area contributed by atoms with Gasteiger partial charge in [-0.3, -0.25) is 9.59 Å². The van der Waals surface area contributed by atoms with E-state index < -0.39 is 0 Å². The van der Waals surface area contributed by atoms with E-state index in [4.69, 9.17) is 4.74 Å². The van der Waals surface area contributed by atoms with Crippen molar-refractivity contribution in [2.75, 3.05) is 6.61 Å². The number of Topliss-reactive ketones (excluding diaryl/α,β-unsaturated/α-hetero) is 2. The Morgan fingerprint density at radius 1 is 1.05 bits per heavy atom. The van der Waals surface area contributed by atoms with Gasteiger partial charge in [-0.25, -0.2) is 0 Å². The summed E-state index contributed by atoms with van der Waals surface area (Å²) in [4.78, 5) is 23.7. The van der Waals surface area contributed by atoms with Crippen molar-refractivity contribution in [3.05, 3.63) is 41.5 Å². The van der Waals surface area contributed by atoms with Crippen LogP contribution in [0.2, 0.25) is 0 Å². The first kappa shape index (κ1) is 13.3. The van der Waals surface area contributed by atoms with Crippen LogP contribution in [0, 0.1) is 0 Å². The van der Waals surface area contributed by atoms with Gasteiger partial charge in [0.05, 0.1) is 12.2 Å². The van der Waals surface area contributed by atoms with Crippen LogP contribution in [0.4, 0.5) is 0 Å². The number of fused-ring (bicyclic) bond motifs is 1. The molecule has 98 valence electrons. The molecular weight excluding hydrogens is 240 g/mol. The molecule has 0 amide bonds. The van der Waals surface area contributed by atoms with Gasteiger partial charge in [0.25, 0.3) is 0 Å². The van der Waals surface area contributed by atoms with Crippen molar-refractivity contribution in [2.24, 2.45) is 0 Å². The Labute approximate surface area is 112 Å². The van der Waals surface area contributed by atoms with Gasteiger partial charge < -0.3 is 4.74 Å². The normalized spacial score (nSPS) is 10.5. The molecule has 0 radical (unpaired) electrons. The lowest BCUT2D eigenvalue weighted by Crippen LogP contribution is -2.05. The van der Waals surface area contributed by atoms with Gasteiger partial charge in [0.2, 0.25) is 0 Å². The molecule has 0 bridgehead atoms. The van der Waals surface area contributed by atoms with Gasteiger partial charge in [-0.2, -0.15) is 0 Å². The highest BCUT2D eigenvalue weighted by Crippen LogP contribution is 2.31. The summed E-state index contributed by atoms with van der Waals surface area (Å²) in [6, 6.07) is 9.12. The van der Waals surface area contributed by atoms with Crippen LogP contribution >= 0.6 is 0 Å². The van der Waals surface area contributed by atoms with E-state index in [2.05, 4.69) is 0 Å². The van der Waals surface area contributed by atoms with Crippen molar-refractivity contribution < 1.29 is 14.3 Å². The summed E-state index contributed by atoms with van der Waals surface area (Å²) >= 11 is 0. The van der Waals surface area contributed by atoms with Crippen molar-refractivity contribution >= 4 is 22.3 Å². The number of rotatable bonds is 4. The van der Waals surface area contributed by atoms with E-state index in [0.29, 0.717) is 28.9 Å². The number of ketones is 2. The summed E-state index contributed by atoms with van der Waals surface area (Å²) in [6.07, 6.45) is 0. The average molecular weight is 256 g/mol. The summed E-state index contributed by atoms with van der Waals surface area (Å²) in [5.74, 6) is 0.390. The van der Waals surface area contributed by atoms with E-state index in [1.54, 1.807) is 12.1 Å². The van der Waals surface area contributed by atoms with Gasteiger partial charge in [0, 0.05) is 10.9 Å². The second-order valence-electron chi connectivity index (χ2n) is 4.39. The van der Waals surface area contributed by atoms with E-state index in [9.17, 15) is 9.59 Å². The zero-order valence-electron chi connectivity index (χ0n) is 11.3. The molecule has 0 saturated carbocycles. The minimum Gasteiger partial charge on any atom is -0.493 e. The number of hydrogen-bond acceptors (Lipinski definition) is 3. The van der Waals surface area contributed by atoms with E-state index in [-0.39, 0.29) is 11.6 Å². The molecule has 0 aliphatic rings. The molecule has 3 nitrogen and oxygen atoms in total. The number of ether oxygens (including phenoxy) is 1. The standard InChI is InChI=1S/C16H16O3/c1-4-19-14-9-8-12-6-5-7-13(10(2)17)16(12)15(14)11(3)18/h5-9H,4H2,1-3H3. The first-order chi connectivity index (χ1) is 9.06. The lowest BCUT2D eigenvalue weighted by molar-refractivity contribution is 0.101. The highest BCUT2D eigenvalue weighted by molar-refractivity contribution is 6.17. The minimum atomic E-state index is -0.0947. The van der Waals surface area contributed by atoms with Crippen molar-refractivity contribution in [3.8, 4) is 5.75 Å². The van der Waals surface area contributed by atoms with Crippen molar-refractivity contribution in [3.63, 3.8) is 0 Å². The Hall–Kier alpha value is -2.16. The third-order valence-electron chi connectivity index (χ3n) is 3.04.